The molecule has 1 aliphatic rings. The summed E-state index contributed by atoms with van der Waals surface area (Å²) in [6.45, 7) is 2.05. The number of nitrogens with two attached hydrogens (primary N) is 2. The predicted molar refractivity (Wildman–Crippen MR) is 103 cm³/mol. The lowest BCUT2D eigenvalue weighted by atomic mass is 10.1. The van der Waals surface area contributed by atoms with E-state index >= 15 is 0 Å². The van der Waals surface area contributed by atoms with Gasteiger partial charge in [0, 0.05) is 10.9 Å². The van der Waals surface area contributed by atoms with Gasteiger partial charge in [-0.3, -0.25) is 4.79 Å². The van der Waals surface area contributed by atoms with E-state index in [0.717, 1.165) is 41.5 Å². The molecular formula is C16H19N5O3S2. The number of amides is 1. The zero-order valence-electron chi connectivity index (χ0n) is 14.2. The summed E-state index contributed by atoms with van der Waals surface area (Å²) >= 11 is 2.57. The van der Waals surface area contributed by atoms with Gasteiger partial charge in [-0.1, -0.05) is 11.8 Å². The van der Waals surface area contributed by atoms with Crippen molar-refractivity contribution in [1.29, 1.82) is 0 Å². The van der Waals surface area contributed by atoms with Crippen molar-refractivity contribution in [3.63, 3.8) is 0 Å². The van der Waals surface area contributed by atoms with Crippen molar-refractivity contribution >= 4 is 51.6 Å². The second kappa shape index (κ2) is 7.92. The van der Waals surface area contributed by atoms with E-state index in [1.54, 1.807) is 6.92 Å². The Kier molecular flexibility index (Phi) is 5.62. The zero-order valence-corrected chi connectivity index (χ0v) is 15.8. The van der Waals surface area contributed by atoms with Gasteiger partial charge in [-0.15, -0.1) is 11.3 Å². The van der Waals surface area contributed by atoms with E-state index < -0.39 is 0 Å². The predicted octanol–water partition coefficient (Wildman–Crippen LogP) is 2.10. The molecule has 0 unspecified atom stereocenters. The highest BCUT2D eigenvalue weighted by atomic mass is 32.2. The van der Waals surface area contributed by atoms with E-state index in [1.807, 2.05) is 0 Å². The molecule has 0 atom stereocenters. The van der Waals surface area contributed by atoms with Crippen molar-refractivity contribution in [2.45, 2.75) is 31.3 Å². The lowest BCUT2D eigenvalue weighted by Gasteiger charge is -2.08. The molecule has 0 aromatic carbocycles. The molecule has 0 saturated carbocycles. The molecule has 0 saturated heterocycles. The Labute approximate surface area is 158 Å². The van der Waals surface area contributed by atoms with E-state index in [9.17, 15) is 9.59 Å². The molecule has 2 aromatic rings. The first-order chi connectivity index (χ1) is 12.5. The van der Waals surface area contributed by atoms with Gasteiger partial charge in [-0.05, 0) is 31.7 Å². The fourth-order valence-electron chi connectivity index (χ4n) is 2.73. The highest BCUT2D eigenvalue weighted by Crippen LogP contribution is 2.39. The Morgan fingerprint density at radius 3 is 2.73 bits per heavy atom. The van der Waals surface area contributed by atoms with Crippen molar-refractivity contribution in [2.75, 3.05) is 29.1 Å². The lowest BCUT2D eigenvalue weighted by Crippen LogP contribution is -2.17. The molecule has 5 N–H and O–H groups in total. The van der Waals surface area contributed by atoms with Gasteiger partial charge in [0.05, 0.1) is 17.9 Å². The third kappa shape index (κ3) is 4.07. The number of aromatic nitrogens is 2. The van der Waals surface area contributed by atoms with E-state index in [0.29, 0.717) is 22.3 Å². The van der Waals surface area contributed by atoms with Crippen LogP contribution in [0, 0.1) is 0 Å². The van der Waals surface area contributed by atoms with Crippen LogP contribution in [0.4, 0.5) is 16.6 Å². The number of rotatable bonds is 6. The number of esters is 1. The number of hydrogen-bond acceptors (Lipinski definition) is 9. The first kappa shape index (κ1) is 18.5. The number of hydrogen-bond donors (Lipinski definition) is 3. The van der Waals surface area contributed by atoms with E-state index in [4.69, 9.17) is 16.2 Å². The van der Waals surface area contributed by atoms with Crippen LogP contribution < -0.4 is 16.8 Å². The molecule has 0 bridgehead atoms. The number of nitrogens with one attached hydrogen (secondary N) is 1. The van der Waals surface area contributed by atoms with Gasteiger partial charge in [0.1, 0.15) is 16.6 Å². The highest BCUT2D eigenvalue weighted by molar-refractivity contribution is 7.99. The topological polar surface area (TPSA) is 133 Å². The third-order valence-corrected chi connectivity index (χ3v) is 5.79. The van der Waals surface area contributed by atoms with Crippen LogP contribution in [0.5, 0.6) is 0 Å². The van der Waals surface area contributed by atoms with Crippen molar-refractivity contribution in [2.24, 2.45) is 0 Å². The van der Waals surface area contributed by atoms with Crippen LogP contribution in [0.1, 0.15) is 34.1 Å². The number of thioether (sulfide) groups is 1. The Hall–Kier alpha value is -2.33. The number of ether oxygens (including phenoxy) is 1. The molecule has 138 valence electrons. The number of carbonyl (C=O) groups excluding carboxylic acids is 2. The summed E-state index contributed by atoms with van der Waals surface area (Å²) in [6.07, 6.45) is 2.78. The maximum absolute atomic E-state index is 12.3. The smallest absolute Gasteiger partial charge is 0.341 e. The third-order valence-electron chi connectivity index (χ3n) is 3.73. The molecule has 1 aliphatic carbocycles. The van der Waals surface area contributed by atoms with Gasteiger partial charge < -0.3 is 21.5 Å². The van der Waals surface area contributed by atoms with Crippen LogP contribution in [0.15, 0.2) is 11.2 Å². The van der Waals surface area contributed by atoms with Crippen LogP contribution >= 0.6 is 23.1 Å². The first-order valence-corrected chi connectivity index (χ1v) is 9.92. The average Bonchev–Trinajstić information content (AvgIpc) is 3.12. The normalized spacial score (nSPS) is 12.7. The van der Waals surface area contributed by atoms with Gasteiger partial charge in [0.2, 0.25) is 5.91 Å². The van der Waals surface area contributed by atoms with E-state index in [-0.39, 0.29) is 29.3 Å². The molecule has 0 radical (unpaired) electrons. The highest BCUT2D eigenvalue weighted by Gasteiger charge is 2.28. The summed E-state index contributed by atoms with van der Waals surface area (Å²) in [7, 11) is 0. The second-order valence-electron chi connectivity index (χ2n) is 5.62. The molecule has 1 amide bonds. The van der Waals surface area contributed by atoms with Gasteiger partial charge in [0.25, 0.3) is 0 Å². The molecular weight excluding hydrogens is 374 g/mol. The van der Waals surface area contributed by atoms with Gasteiger partial charge in [0.15, 0.2) is 5.16 Å². The quantitative estimate of drug-likeness (QED) is 0.386. The molecule has 8 nitrogen and oxygen atoms in total. The number of aryl methyl sites for hydroxylation is 1. The Balaban J connectivity index is 1.70. The van der Waals surface area contributed by atoms with Crippen molar-refractivity contribution in [3.8, 4) is 0 Å². The number of nitrogens with zero attached hydrogens (tertiary/aromatic N) is 2. The first-order valence-electron chi connectivity index (χ1n) is 8.12. The zero-order chi connectivity index (χ0) is 18.7. The molecule has 2 aromatic heterocycles. The lowest BCUT2D eigenvalue weighted by molar-refractivity contribution is -0.113. The van der Waals surface area contributed by atoms with Gasteiger partial charge >= 0.3 is 5.97 Å². The molecule has 3 rings (SSSR count). The number of fused-ring (bicyclic) bond motifs is 1. The number of thiophene rings is 1. The van der Waals surface area contributed by atoms with Gasteiger partial charge in [-0.2, -0.15) is 0 Å². The Bertz CT molecular complexity index is 832. The van der Waals surface area contributed by atoms with Crippen molar-refractivity contribution in [3.05, 3.63) is 22.1 Å². The van der Waals surface area contributed by atoms with Crippen LogP contribution in [0.25, 0.3) is 0 Å². The molecule has 0 spiro atoms. The summed E-state index contributed by atoms with van der Waals surface area (Å²) in [6, 6.07) is 1.45. The van der Waals surface area contributed by atoms with Crippen LogP contribution in [0.3, 0.4) is 0 Å². The maximum Gasteiger partial charge on any atom is 0.341 e. The standard InChI is InChI=1S/C16H19N5O3S2/c1-2-24-15(23)13-8-4-3-5-9(8)26-14(13)21-12(22)7-25-16-19-10(17)6-11(18)20-16/h6H,2-5,7H2,1H3,(H,21,22)(H4,17,18,19,20). The number of anilines is 3. The number of carbonyl (C=O) groups is 2. The van der Waals surface area contributed by atoms with Crippen LogP contribution in [0.2, 0.25) is 0 Å². The fraction of sp³-hybridized carbons (Fsp3) is 0.375. The van der Waals surface area contributed by atoms with Crippen LogP contribution in [-0.4, -0.2) is 34.2 Å². The molecule has 10 heteroatoms. The molecule has 0 aliphatic heterocycles. The summed E-state index contributed by atoms with van der Waals surface area (Å²) in [4.78, 5) is 33.8. The summed E-state index contributed by atoms with van der Waals surface area (Å²) in [5.74, 6) is -0.0699. The monoisotopic (exact) mass is 393 g/mol. The molecule has 0 fully saturated rings. The minimum Gasteiger partial charge on any atom is -0.462 e. The maximum atomic E-state index is 12.3. The molecule has 2 heterocycles. The second-order valence-corrected chi connectivity index (χ2v) is 7.67. The Morgan fingerprint density at radius 1 is 1.31 bits per heavy atom. The average molecular weight is 393 g/mol. The summed E-state index contributed by atoms with van der Waals surface area (Å²) in [5.41, 5.74) is 12.7. The SMILES string of the molecule is CCOC(=O)c1c(NC(=O)CSc2nc(N)cc(N)n2)sc2c1CCC2. The van der Waals surface area contributed by atoms with E-state index in [2.05, 4.69) is 15.3 Å². The van der Waals surface area contributed by atoms with Gasteiger partial charge in [-0.25, -0.2) is 14.8 Å². The van der Waals surface area contributed by atoms with E-state index in [1.165, 1.54) is 17.4 Å². The number of nitrogen functional groups attached to an aromatic ring is 2. The van der Waals surface area contributed by atoms with Crippen molar-refractivity contribution in [1.82, 2.24) is 9.97 Å². The Morgan fingerprint density at radius 2 is 2.04 bits per heavy atom. The fourth-order valence-corrected chi connectivity index (χ4v) is 4.70. The summed E-state index contributed by atoms with van der Waals surface area (Å²) in [5, 5.41) is 3.70. The minimum atomic E-state index is -0.387. The largest absolute Gasteiger partial charge is 0.462 e. The minimum absolute atomic E-state index is 0.0771. The van der Waals surface area contributed by atoms with Crippen LogP contribution in [-0.2, 0) is 22.4 Å². The van der Waals surface area contributed by atoms with Crippen molar-refractivity contribution < 1.29 is 14.3 Å². The summed E-state index contributed by atoms with van der Waals surface area (Å²) < 4.78 is 5.15. The molecule has 26 heavy (non-hydrogen) atoms.